The van der Waals surface area contributed by atoms with Crippen LogP contribution in [0.15, 0.2) is 6.07 Å². The van der Waals surface area contributed by atoms with Crippen molar-refractivity contribution in [2.45, 2.75) is 13.3 Å². The van der Waals surface area contributed by atoms with E-state index in [0.29, 0.717) is 17.7 Å². The van der Waals surface area contributed by atoms with E-state index in [0.717, 1.165) is 5.56 Å². The number of hydrogen-bond donors (Lipinski definition) is 1. The largest absolute Gasteiger partial charge is 0.496 e. The Balaban J connectivity index is 3.28. The number of methoxy groups -OCH3 is 1. The quantitative estimate of drug-likeness (QED) is 0.844. The van der Waals surface area contributed by atoms with Crippen molar-refractivity contribution in [1.29, 1.82) is 0 Å². The van der Waals surface area contributed by atoms with Crippen molar-refractivity contribution in [3.8, 4) is 5.75 Å². The van der Waals surface area contributed by atoms with Gasteiger partial charge >= 0.3 is 0 Å². The smallest absolute Gasteiger partial charge is 0.148 e. The summed E-state index contributed by atoms with van der Waals surface area (Å²) in [6.45, 7) is 1.58. The molecule has 0 spiro atoms. The molecule has 1 N–H and O–H groups in total. The lowest BCUT2D eigenvalue weighted by Crippen LogP contribution is -2.00. The van der Waals surface area contributed by atoms with Crippen LogP contribution in [0.5, 0.6) is 5.75 Å². The Kier molecular flexibility index (Phi) is 3.72. The summed E-state index contributed by atoms with van der Waals surface area (Å²) in [5.74, 6) is -0.00819. The molecular formula is C10H12ClFO2. The second-order valence-corrected chi connectivity index (χ2v) is 3.37. The van der Waals surface area contributed by atoms with E-state index in [2.05, 4.69) is 0 Å². The summed E-state index contributed by atoms with van der Waals surface area (Å²) in [5, 5.41) is 8.86. The zero-order chi connectivity index (χ0) is 10.7. The van der Waals surface area contributed by atoms with Gasteiger partial charge in [0.2, 0.25) is 0 Å². The molecule has 0 aliphatic carbocycles. The van der Waals surface area contributed by atoms with Gasteiger partial charge in [0.25, 0.3) is 0 Å². The predicted octanol–water partition coefficient (Wildman–Crippen LogP) is 2.33. The van der Waals surface area contributed by atoms with Gasteiger partial charge in [0.1, 0.15) is 11.6 Å². The molecule has 0 unspecified atom stereocenters. The first-order chi connectivity index (χ1) is 6.61. The second-order valence-electron chi connectivity index (χ2n) is 2.96. The molecule has 1 rings (SSSR count). The lowest BCUT2D eigenvalue weighted by molar-refractivity contribution is 0.296. The number of aliphatic hydroxyl groups excluding tert-OH is 1. The molecule has 0 bridgehead atoms. The molecule has 0 fully saturated rings. The fraction of sp³-hybridized carbons (Fsp3) is 0.400. The van der Waals surface area contributed by atoms with Gasteiger partial charge in [-0.2, -0.15) is 0 Å². The molecule has 0 saturated carbocycles. The Bertz CT molecular complexity index is 339. The van der Waals surface area contributed by atoms with Crippen molar-refractivity contribution in [2.24, 2.45) is 0 Å². The molecule has 78 valence electrons. The van der Waals surface area contributed by atoms with Gasteiger partial charge < -0.3 is 9.84 Å². The van der Waals surface area contributed by atoms with Crippen LogP contribution in [0, 0.1) is 12.7 Å². The topological polar surface area (TPSA) is 29.5 Å². The molecule has 0 aliphatic heterocycles. The minimum absolute atomic E-state index is 0.0161. The molecule has 1 aromatic rings. The van der Waals surface area contributed by atoms with E-state index in [9.17, 15) is 4.39 Å². The van der Waals surface area contributed by atoms with Gasteiger partial charge in [0, 0.05) is 12.2 Å². The van der Waals surface area contributed by atoms with Crippen LogP contribution in [0.2, 0.25) is 5.02 Å². The van der Waals surface area contributed by atoms with E-state index in [4.69, 9.17) is 21.4 Å². The molecule has 0 aromatic heterocycles. The molecular weight excluding hydrogens is 207 g/mol. The van der Waals surface area contributed by atoms with Crippen LogP contribution in [0.3, 0.4) is 0 Å². The number of rotatable bonds is 3. The maximum absolute atomic E-state index is 13.3. The summed E-state index contributed by atoms with van der Waals surface area (Å²) >= 11 is 5.67. The first-order valence-electron chi connectivity index (χ1n) is 4.24. The third kappa shape index (κ3) is 1.99. The zero-order valence-electron chi connectivity index (χ0n) is 8.10. The lowest BCUT2D eigenvalue weighted by atomic mass is 10.1. The average Bonchev–Trinajstić information content (AvgIpc) is 2.16. The van der Waals surface area contributed by atoms with Gasteiger partial charge in [0.15, 0.2) is 0 Å². The van der Waals surface area contributed by atoms with Gasteiger partial charge in [-0.05, 0) is 25.0 Å². The molecule has 4 heteroatoms. The average molecular weight is 219 g/mol. The fourth-order valence-electron chi connectivity index (χ4n) is 1.39. The molecule has 0 heterocycles. The first-order valence-corrected chi connectivity index (χ1v) is 4.62. The number of halogens is 2. The Morgan fingerprint density at radius 1 is 1.57 bits per heavy atom. The van der Waals surface area contributed by atoms with Crippen LogP contribution in [0.25, 0.3) is 0 Å². The van der Waals surface area contributed by atoms with Crippen molar-refractivity contribution in [3.63, 3.8) is 0 Å². The maximum Gasteiger partial charge on any atom is 0.148 e. The van der Waals surface area contributed by atoms with Crippen LogP contribution in [-0.4, -0.2) is 18.8 Å². The summed E-state index contributed by atoms with van der Waals surface area (Å²) in [5.41, 5.74) is 1.10. The highest BCUT2D eigenvalue weighted by molar-refractivity contribution is 6.30. The van der Waals surface area contributed by atoms with Crippen LogP contribution >= 0.6 is 11.6 Å². The van der Waals surface area contributed by atoms with E-state index in [1.165, 1.54) is 13.2 Å². The van der Waals surface area contributed by atoms with Gasteiger partial charge in [-0.15, -0.1) is 0 Å². The van der Waals surface area contributed by atoms with Crippen LogP contribution in [0.4, 0.5) is 4.39 Å². The normalized spacial score (nSPS) is 10.4. The van der Waals surface area contributed by atoms with Crippen LogP contribution in [-0.2, 0) is 6.42 Å². The van der Waals surface area contributed by atoms with E-state index in [1.807, 2.05) is 0 Å². The van der Waals surface area contributed by atoms with Crippen molar-refractivity contribution in [3.05, 3.63) is 28.0 Å². The standard InChI is InChI=1S/C10H12ClFO2/c1-6-9(12)8(11)5-7(3-4-13)10(6)14-2/h5,13H,3-4H2,1-2H3. The molecule has 1 aromatic carbocycles. The summed E-state index contributed by atoms with van der Waals surface area (Å²) < 4.78 is 18.4. The van der Waals surface area contributed by atoms with Gasteiger partial charge in [-0.3, -0.25) is 0 Å². The van der Waals surface area contributed by atoms with Crippen molar-refractivity contribution < 1.29 is 14.2 Å². The molecule has 2 nitrogen and oxygen atoms in total. The Morgan fingerprint density at radius 3 is 2.71 bits per heavy atom. The number of aliphatic hydroxyl groups is 1. The summed E-state index contributed by atoms with van der Waals surface area (Å²) in [6.07, 6.45) is 0.407. The number of ether oxygens (including phenoxy) is 1. The number of hydrogen-bond acceptors (Lipinski definition) is 2. The van der Waals surface area contributed by atoms with Crippen LogP contribution < -0.4 is 4.74 Å². The minimum atomic E-state index is -0.467. The second kappa shape index (κ2) is 4.62. The fourth-order valence-corrected chi connectivity index (χ4v) is 1.67. The van der Waals surface area contributed by atoms with Crippen LogP contribution in [0.1, 0.15) is 11.1 Å². The molecule has 0 aliphatic rings. The lowest BCUT2D eigenvalue weighted by Gasteiger charge is -2.12. The number of benzene rings is 1. The molecule has 0 radical (unpaired) electrons. The Hall–Kier alpha value is -0.800. The maximum atomic E-state index is 13.3. The molecule has 0 amide bonds. The highest BCUT2D eigenvalue weighted by atomic mass is 35.5. The van der Waals surface area contributed by atoms with Gasteiger partial charge in [0.05, 0.1) is 12.1 Å². The predicted molar refractivity (Wildman–Crippen MR) is 53.5 cm³/mol. The summed E-state index contributed by atoms with van der Waals surface area (Å²) in [4.78, 5) is 0. The van der Waals surface area contributed by atoms with E-state index in [1.54, 1.807) is 6.92 Å². The highest BCUT2D eigenvalue weighted by Gasteiger charge is 2.14. The summed E-state index contributed by atoms with van der Waals surface area (Å²) in [6, 6.07) is 1.49. The van der Waals surface area contributed by atoms with Crippen molar-refractivity contribution in [2.75, 3.05) is 13.7 Å². The minimum Gasteiger partial charge on any atom is -0.496 e. The van der Waals surface area contributed by atoms with Gasteiger partial charge in [-0.1, -0.05) is 11.6 Å². The third-order valence-electron chi connectivity index (χ3n) is 2.06. The molecule has 0 atom stereocenters. The first kappa shape index (κ1) is 11.3. The summed E-state index contributed by atoms with van der Waals surface area (Å²) in [7, 11) is 1.47. The van der Waals surface area contributed by atoms with E-state index in [-0.39, 0.29) is 11.6 Å². The monoisotopic (exact) mass is 218 g/mol. The highest BCUT2D eigenvalue weighted by Crippen LogP contribution is 2.31. The van der Waals surface area contributed by atoms with Crippen molar-refractivity contribution in [1.82, 2.24) is 0 Å². The third-order valence-corrected chi connectivity index (χ3v) is 2.33. The van der Waals surface area contributed by atoms with E-state index >= 15 is 0 Å². The Morgan fingerprint density at radius 2 is 2.21 bits per heavy atom. The van der Waals surface area contributed by atoms with Gasteiger partial charge in [-0.25, -0.2) is 4.39 Å². The Labute approximate surface area is 87.3 Å². The SMILES string of the molecule is COc1c(CCO)cc(Cl)c(F)c1C. The van der Waals surface area contributed by atoms with E-state index < -0.39 is 5.82 Å². The molecule has 14 heavy (non-hydrogen) atoms. The zero-order valence-corrected chi connectivity index (χ0v) is 8.86. The molecule has 0 saturated heterocycles. The van der Waals surface area contributed by atoms with Crippen molar-refractivity contribution >= 4 is 11.6 Å².